The number of aromatic nitrogens is 2. The Labute approximate surface area is 169 Å². The SMILES string of the molecule is Cc1ccc2c(oc3cc4c(cc32)-c2cccnc2C4(C)C)c1-c1ccccn1. The van der Waals surface area contributed by atoms with Gasteiger partial charge in [0, 0.05) is 39.7 Å². The molecule has 0 unspecified atom stereocenters. The average Bonchev–Trinajstić information content (AvgIpc) is 3.20. The zero-order chi connectivity index (χ0) is 19.8. The van der Waals surface area contributed by atoms with Crippen LogP contribution in [-0.4, -0.2) is 9.97 Å². The van der Waals surface area contributed by atoms with Gasteiger partial charge in [-0.1, -0.05) is 38.1 Å². The summed E-state index contributed by atoms with van der Waals surface area (Å²) < 4.78 is 6.48. The summed E-state index contributed by atoms with van der Waals surface area (Å²) in [6.07, 6.45) is 3.71. The van der Waals surface area contributed by atoms with Gasteiger partial charge in [0.1, 0.15) is 11.2 Å². The highest BCUT2D eigenvalue weighted by atomic mass is 16.3. The van der Waals surface area contributed by atoms with Gasteiger partial charge in [-0.2, -0.15) is 0 Å². The van der Waals surface area contributed by atoms with E-state index in [-0.39, 0.29) is 5.41 Å². The third kappa shape index (κ3) is 2.13. The molecule has 0 saturated heterocycles. The lowest BCUT2D eigenvalue weighted by Crippen LogP contribution is -2.16. The molecule has 6 rings (SSSR count). The number of benzene rings is 2. The van der Waals surface area contributed by atoms with Crippen LogP contribution in [0.25, 0.3) is 44.3 Å². The maximum absolute atomic E-state index is 6.48. The molecule has 2 aromatic carbocycles. The van der Waals surface area contributed by atoms with Crippen molar-refractivity contribution >= 4 is 21.9 Å². The van der Waals surface area contributed by atoms with Crippen molar-refractivity contribution in [2.24, 2.45) is 0 Å². The summed E-state index contributed by atoms with van der Waals surface area (Å²) in [6.45, 7) is 6.59. The molecule has 0 radical (unpaired) electrons. The minimum atomic E-state index is -0.140. The van der Waals surface area contributed by atoms with E-state index in [1.54, 1.807) is 0 Å². The van der Waals surface area contributed by atoms with E-state index in [1.165, 1.54) is 16.7 Å². The number of furan rings is 1. The number of fused-ring (bicyclic) bond motifs is 6. The lowest BCUT2D eigenvalue weighted by molar-refractivity contribution is 0.631. The summed E-state index contributed by atoms with van der Waals surface area (Å²) in [5.74, 6) is 0. The molecule has 3 heteroatoms. The van der Waals surface area contributed by atoms with Gasteiger partial charge >= 0.3 is 0 Å². The quantitative estimate of drug-likeness (QED) is 0.328. The normalized spacial score (nSPS) is 14.3. The summed E-state index contributed by atoms with van der Waals surface area (Å²) in [5.41, 5.74) is 9.75. The number of nitrogens with zero attached hydrogens (tertiary/aromatic N) is 2. The molecule has 3 heterocycles. The number of aryl methyl sites for hydroxylation is 1. The lowest BCUT2D eigenvalue weighted by Gasteiger charge is -2.19. The number of rotatable bonds is 1. The van der Waals surface area contributed by atoms with Crippen LogP contribution in [0.5, 0.6) is 0 Å². The first-order valence-electron chi connectivity index (χ1n) is 9.93. The van der Waals surface area contributed by atoms with Crippen molar-refractivity contribution in [2.75, 3.05) is 0 Å². The molecule has 0 saturated carbocycles. The number of hydrogen-bond donors (Lipinski definition) is 0. The van der Waals surface area contributed by atoms with E-state index in [9.17, 15) is 0 Å². The number of hydrogen-bond acceptors (Lipinski definition) is 3. The lowest BCUT2D eigenvalue weighted by atomic mass is 9.85. The average molecular weight is 376 g/mol. The van der Waals surface area contributed by atoms with E-state index in [1.807, 2.05) is 36.7 Å². The van der Waals surface area contributed by atoms with Gasteiger partial charge in [0.15, 0.2) is 0 Å². The molecule has 0 atom stereocenters. The van der Waals surface area contributed by atoms with Crippen molar-refractivity contribution in [1.82, 2.24) is 9.97 Å². The molecule has 3 aromatic heterocycles. The molecule has 0 spiro atoms. The summed E-state index contributed by atoms with van der Waals surface area (Å²) >= 11 is 0. The van der Waals surface area contributed by atoms with Crippen LogP contribution in [0.15, 0.2) is 71.4 Å². The van der Waals surface area contributed by atoms with Crippen LogP contribution in [0, 0.1) is 6.92 Å². The van der Waals surface area contributed by atoms with Gasteiger partial charge in [0.05, 0.1) is 11.4 Å². The highest BCUT2D eigenvalue weighted by molar-refractivity contribution is 6.11. The van der Waals surface area contributed by atoms with Crippen molar-refractivity contribution in [3.63, 3.8) is 0 Å². The van der Waals surface area contributed by atoms with Gasteiger partial charge in [-0.15, -0.1) is 0 Å². The summed E-state index contributed by atoms with van der Waals surface area (Å²) in [4.78, 5) is 9.27. The van der Waals surface area contributed by atoms with E-state index in [0.29, 0.717) is 0 Å². The Morgan fingerprint density at radius 3 is 2.52 bits per heavy atom. The summed E-state index contributed by atoms with van der Waals surface area (Å²) in [7, 11) is 0. The molecule has 0 fully saturated rings. The van der Waals surface area contributed by atoms with Crippen LogP contribution in [0.4, 0.5) is 0 Å². The van der Waals surface area contributed by atoms with Crippen LogP contribution in [-0.2, 0) is 5.41 Å². The molecule has 5 aromatic rings. The van der Waals surface area contributed by atoms with Crippen LogP contribution in [0.2, 0.25) is 0 Å². The second-order valence-electron chi connectivity index (χ2n) is 8.37. The fourth-order valence-electron chi connectivity index (χ4n) is 4.80. The van der Waals surface area contributed by atoms with Gasteiger partial charge in [-0.3, -0.25) is 9.97 Å². The predicted octanol–water partition coefficient (Wildman–Crippen LogP) is 6.66. The van der Waals surface area contributed by atoms with Gasteiger partial charge in [0.2, 0.25) is 0 Å². The molecule has 1 aliphatic rings. The Hall–Kier alpha value is -3.46. The molecule has 3 nitrogen and oxygen atoms in total. The molecular formula is C26H20N2O. The fourth-order valence-corrected chi connectivity index (χ4v) is 4.80. The van der Waals surface area contributed by atoms with Crippen molar-refractivity contribution in [1.29, 1.82) is 0 Å². The summed E-state index contributed by atoms with van der Waals surface area (Å²) in [6, 6.07) is 19.0. The first-order chi connectivity index (χ1) is 14.1. The molecule has 29 heavy (non-hydrogen) atoms. The Balaban J connectivity index is 1.71. The van der Waals surface area contributed by atoms with E-state index >= 15 is 0 Å². The molecule has 1 aliphatic carbocycles. The second kappa shape index (κ2) is 5.54. The van der Waals surface area contributed by atoms with Gasteiger partial charge in [0.25, 0.3) is 0 Å². The standard InChI is InChI=1S/C26H20N2O/c1-15-9-10-16-19-13-18-17-7-6-12-28-25(17)26(2,3)20(18)14-22(19)29-24(16)23(15)21-8-4-5-11-27-21/h4-14H,1-3H3. The van der Waals surface area contributed by atoms with Gasteiger partial charge in [-0.25, -0.2) is 0 Å². The minimum Gasteiger partial charge on any atom is -0.455 e. The van der Waals surface area contributed by atoms with Crippen molar-refractivity contribution in [2.45, 2.75) is 26.2 Å². The van der Waals surface area contributed by atoms with Crippen LogP contribution < -0.4 is 0 Å². The molecule has 140 valence electrons. The van der Waals surface area contributed by atoms with Crippen molar-refractivity contribution < 1.29 is 4.42 Å². The van der Waals surface area contributed by atoms with E-state index in [2.05, 4.69) is 56.1 Å². The molecule has 0 aliphatic heterocycles. The third-order valence-electron chi connectivity index (χ3n) is 6.27. The maximum Gasteiger partial charge on any atom is 0.145 e. The smallest absolute Gasteiger partial charge is 0.145 e. The monoisotopic (exact) mass is 376 g/mol. The predicted molar refractivity (Wildman–Crippen MR) is 117 cm³/mol. The topological polar surface area (TPSA) is 38.9 Å². The molecule has 0 amide bonds. The Kier molecular flexibility index (Phi) is 3.15. The Morgan fingerprint density at radius 1 is 0.828 bits per heavy atom. The molecule has 0 N–H and O–H groups in total. The van der Waals surface area contributed by atoms with E-state index < -0.39 is 0 Å². The second-order valence-corrected chi connectivity index (χ2v) is 8.37. The van der Waals surface area contributed by atoms with Crippen molar-refractivity contribution in [3.05, 3.63) is 83.8 Å². The minimum absolute atomic E-state index is 0.140. The molecule has 0 bridgehead atoms. The van der Waals surface area contributed by atoms with Crippen LogP contribution in [0.3, 0.4) is 0 Å². The highest BCUT2D eigenvalue weighted by Crippen LogP contribution is 2.50. The van der Waals surface area contributed by atoms with Crippen LogP contribution in [0.1, 0.15) is 30.7 Å². The highest BCUT2D eigenvalue weighted by Gasteiger charge is 2.37. The maximum atomic E-state index is 6.48. The zero-order valence-corrected chi connectivity index (χ0v) is 16.7. The zero-order valence-electron chi connectivity index (χ0n) is 16.7. The Morgan fingerprint density at radius 2 is 1.69 bits per heavy atom. The molecular weight excluding hydrogens is 356 g/mol. The third-order valence-corrected chi connectivity index (χ3v) is 6.27. The van der Waals surface area contributed by atoms with Crippen LogP contribution >= 0.6 is 0 Å². The number of pyridine rings is 2. The first kappa shape index (κ1) is 16.5. The fraction of sp³-hybridized carbons (Fsp3) is 0.154. The largest absolute Gasteiger partial charge is 0.455 e. The van der Waals surface area contributed by atoms with E-state index in [0.717, 1.165) is 44.5 Å². The van der Waals surface area contributed by atoms with Crippen molar-refractivity contribution in [3.8, 4) is 22.4 Å². The first-order valence-corrected chi connectivity index (χ1v) is 9.93. The summed E-state index contributed by atoms with van der Waals surface area (Å²) in [5, 5.41) is 2.27. The van der Waals surface area contributed by atoms with Gasteiger partial charge in [-0.05, 0) is 53.9 Å². The van der Waals surface area contributed by atoms with Gasteiger partial charge < -0.3 is 4.42 Å². The Bertz CT molecular complexity index is 1430. The van der Waals surface area contributed by atoms with E-state index in [4.69, 9.17) is 9.40 Å².